The predicted molar refractivity (Wildman–Crippen MR) is 154 cm³/mol. The molecule has 4 rings (SSSR count). The van der Waals surface area contributed by atoms with E-state index in [9.17, 15) is 19.5 Å². The van der Waals surface area contributed by atoms with Crippen molar-refractivity contribution in [2.24, 2.45) is 0 Å². The zero-order chi connectivity index (χ0) is 27.6. The lowest BCUT2D eigenvalue weighted by Gasteiger charge is -2.31. The molecule has 2 N–H and O–H groups in total. The summed E-state index contributed by atoms with van der Waals surface area (Å²) in [7, 11) is 0. The Kier molecular flexibility index (Phi) is 10.3. The van der Waals surface area contributed by atoms with Crippen molar-refractivity contribution in [3.05, 3.63) is 78.1 Å². The molecule has 0 radical (unpaired) electrons. The number of nitrogens with one attached hydrogen (secondary N) is 1. The van der Waals surface area contributed by atoms with Gasteiger partial charge < -0.3 is 15.3 Å². The second kappa shape index (κ2) is 14.1. The van der Waals surface area contributed by atoms with Gasteiger partial charge in [-0.3, -0.25) is 19.5 Å². The molecule has 206 valence electrons. The van der Waals surface area contributed by atoms with Crippen LogP contribution in [0.3, 0.4) is 0 Å². The first-order valence-electron chi connectivity index (χ1n) is 13.3. The Labute approximate surface area is 233 Å². The molecular weight excluding hydrogens is 512 g/mol. The van der Waals surface area contributed by atoms with Crippen LogP contribution in [0, 0.1) is 0 Å². The highest BCUT2D eigenvalue weighted by atomic mass is 32.2. The van der Waals surface area contributed by atoms with Crippen LogP contribution in [0.2, 0.25) is 0 Å². The summed E-state index contributed by atoms with van der Waals surface area (Å²) in [6.45, 7) is 1.78. The summed E-state index contributed by atoms with van der Waals surface area (Å²) in [5.41, 5.74) is 1.97. The van der Waals surface area contributed by atoms with Crippen molar-refractivity contribution in [2.45, 2.75) is 44.3 Å². The van der Waals surface area contributed by atoms with E-state index in [2.05, 4.69) is 34.6 Å². The lowest BCUT2D eigenvalue weighted by Crippen LogP contribution is -2.49. The van der Waals surface area contributed by atoms with Crippen LogP contribution in [0.15, 0.2) is 67.0 Å². The Bertz CT molecular complexity index is 1270. The van der Waals surface area contributed by atoms with Crippen LogP contribution in [-0.2, 0) is 27.3 Å². The van der Waals surface area contributed by atoms with Crippen LogP contribution >= 0.6 is 11.8 Å². The number of hydrogen-bond acceptors (Lipinski definition) is 6. The monoisotopic (exact) mass is 548 g/mol. The fourth-order valence-corrected chi connectivity index (χ4v) is 5.69. The standard InChI is InChI=1S/C30H36N4O4S/c1-39-16-13-27(30(37)38)32-28(35)21-33(19-24-10-4-9-23-8-2-3-12-26(23)24)20-25-11-6-15-34(25)29(36)17-22-7-5-14-31-18-22/h2-5,7-10,12,14,18,25,27H,6,11,13,15-17,19-21H2,1H3,(H,32,35)(H,37,38)/t25-,27-/m0/s1. The number of aromatic nitrogens is 1. The Morgan fingerprint density at radius 2 is 1.97 bits per heavy atom. The minimum Gasteiger partial charge on any atom is -0.480 e. The molecule has 1 aliphatic rings. The van der Waals surface area contributed by atoms with Gasteiger partial charge in [0.2, 0.25) is 11.8 Å². The SMILES string of the molecule is CSCC[C@H](NC(=O)CN(Cc1cccc2ccccc12)C[C@@H]1CCCN1C(=O)Cc1cccnc1)C(=O)O. The molecule has 1 aromatic heterocycles. The van der Waals surface area contributed by atoms with Crippen molar-refractivity contribution in [1.29, 1.82) is 0 Å². The molecule has 8 nitrogen and oxygen atoms in total. The van der Waals surface area contributed by atoms with E-state index in [1.54, 1.807) is 24.2 Å². The van der Waals surface area contributed by atoms with Crippen LogP contribution in [0.1, 0.15) is 30.4 Å². The fourth-order valence-electron chi connectivity index (χ4n) is 5.22. The van der Waals surface area contributed by atoms with Gasteiger partial charge >= 0.3 is 5.97 Å². The van der Waals surface area contributed by atoms with Gasteiger partial charge in [-0.25, -0.2) is 4.79 Å². The maximum Gasteiger partial charge on any atom is 0.326 e. The van der Waals surface area contributed by atoms with Crippen molar-refractivity contribution in [3.63, 3.8) is 0 Å². The number of carbonyl (C=O) groups excluding carboxylic acids is 2. The van der Waals surface area contributed by atoms with Gasteiger partial charge in [0, 0.05) is 38.1 Å². The average molecular weight is 549 g/mol. The van der Waals surface area contributed by atoms with Crippen LogP contribution in [0.4, 0.5) is 0 Å². The number of likely N-dealkylation sites (tertiary alicyclic amines) is 1. The highest BCUT2D eigenvalue weighted by molar-refractivity contribution is 7.98. The zero-order valence-electron chi connectivity index (χ0n) is 22.3. The lowest BCUT2D eigenvalue weighted by molar-refractivity contribution is -0.142. The first-order chi connectivity index (χ1) is 18.9. The third kappa shape index (κ3) is 8.03. The highest BCUT2D eigenvalue weighted by Gasteiger charge is 2.31. The number of benzene rings is 2. The summed E-state index contributed by atoms with van der Waals surface area (Å²) in [5.74, 6) is -0.647. The van der Waals surface area contributed by atoms with E-state index in [4.69, 9.17) is 0 Å². The van der Waals surface area contributed by atoms with Crippen molar-refractivity contribution in [2.75, 3.05) is 31.6 Å². The second-order valence-corrected chi connectivity index (χ2v) is 11.0. The Hall–Kier alpha value is -3.43. The minimum atomic E-state index is -1.03. The molecule has 0 saturated carbocycles. The number of fused-ring (bicyclic) bond motifs is 1. The average Bonchev–Trinajstić information content (AvgIpc) is 3.40. The molecular formula is C30H36N4O4S. The summed E-state index contributed by atoms with van der Waals surface area (Å²) in [6, 6.07) is 17.1. The molecule has 0 bridgehead atoms. The molecule has 0 spiro atoms. The molecule has 39 heavy (non-hydrogen) atoms. The minimum absolute atomic E-state index is 0.0243. The number of thioether (sulfide) groups is 1. The summed E-state index contributed by atoms with van der Waals surface area (Å²) in [6.07, 6.45) is 7.75. The maximum absolute atomic E-state index is 13.2. The first kappa shape index (κ1) is 28.6. The number of nitrogens with zero attached hydrogens (tertiary/aromatic N) is 3. The smallest absolute Gasteiger partial charge is 0.326 e. The summed E-state index contributed by atoms with van der Waals surface area (Å²) < 4.78 is 0. The number of carboxylic acids is 1. The molecule has 1 fully saturated rings. The Balaban J connectivity index is 1.51. The van der Waals surface area contributed by atoms with E-state index in [-0.39, 0.29) is 24.4 Å². The topological polar surface area (TPSA) is 103 Å². The number of pyridine rings is 1. The van der Waals surface area contributed by atoms with Gasteiger partial charge in [-0.05, 0) is 59.2 Å². The molecule has 2 heterocycles. The number of carboxylic acid groups (broad SMARTS) is 1. The van der Waals surface area contributed by atoms with E-state index in [0.29, 0.717) is 38.2 Å². The molecule has 9 heteroatoms. The first-order valence-corrected chi connectivity index (χ1v) is 14.7. The highest BCUT2D eigenvalue weighted by Crippen LogP contribution is 2.23. The van der Waals surface area contributed by atoms with Crippen LogP contribution < -0.4 is 5.32 Å². The predicted octanol–water partition coefficient (Wildman–Crippen LogP) is 3.59. The van der Waals surface area contributed by atoms with Crippen LogP contribution in [0.25, 0.3) is 10.8 Å². The van der Waals surface area contributed by atoms with Crippen molar-refractivity contribution in [1.82, 2.24) is 20.1 Å². The van der Waals surface area contributed by atoms with E-state index in [0.717, 1.165) is 34.7 Å². The van der Waals surface area contributed by atoms with Gasteiger partial charge in [0.25, 0.3) is 0 Å². The Morgan fingerprint density at radius 1 is 1.15 bits per heavy atom. The molecule has 0 unspecified atom stereocenters. The number of aliphatic carboxylic acids is 1. The number of amides is 2. The second-order valence-electron chi connectivity index (χ2n) is 9.97. The van der Waals surface area contributed by atoms with Crippen LogP contribution in [0.5, 0.6) is 0 Å². The largest absolute Gasteiger partial charge is 0.480 e. The normalized spacial score (nSPS) is 15.9. The fraction of sp³-hybridized carbons (Fsp3) is 0.400. The van der Waals surface area contributed by atoms with E-state index < -0.39 is 12.0 Å². The van der Waals surface area contributed by atoms with E-state index in [1.165, 1.54) is 0 Å². The zero-order valence-corrected chi connectivity index (χ0v) is 23.1. The van der Waals surface area contributed by atoms with Gasteiger partial charge in [0.15, 0.2) is 0 Å². The van der Waals surface area contributed by atoms with Crippen molar-refractivity contribution >= 4 is 40.3 Å². The molecule has 3 aromatic rings. The summed E-state index contributed by atoms with van der Waals surface area (Å²) in [4.78, 5) is 46.1. The third-order valence-corrected chi connectivity index (χ3v) is 7.77. The van der Waals surface area contributed by atoms with Crippen molar-refractivity contribution in [3.8, 4) is 0 Å². The molecule has 2 aromatic carbocycles. The van der Waals surface area contributed by atoms with Crippen molar-refractivity contribution < 1.29 is 19.5 Å². The lowest BCUT2D eigenvalue weighted by atomic mass is 10.0. The number of hydrogen-bond donors (Lipinski definition) is 2. The number of rotatable bonds is 13. The molecule has 2 amide bonds. The quantitative estimate of drug-likeness (QED) is 0.337. The molecule has 0 aliphatic carbocycles. The van der Waals surface area contributed by atoms with Gasteiger partial charge in [-0.2, -0.15) is 11.8 Å². The maximum atomic E-state index is 13.2. The van der Waals surface area contributed by atoms with E-state index in [1.807, 2.05) is 46.4 Å². The van der Waals surface area contributed by atoms with E-state index >= 15 is 0 Å². The summed E-state index contributed by atoms with van der Waals surface area (Å²) >= 11 is 1.55. The van der Waals surface area contributed by atoms with Gasteiger partial charge in [-0.15, -0.1) is 0 Å². The Morgan fingerprint density at radius 3 is 2.74 bits per heavy atom. The summed E-state index contributed by atoms with van der Waals surface area (Å²) in [5, 5.41) is 14.5. The van der Waals surface area contributed by atoms with Gasteiger partial charge in [0.1, 0.15) is 6.04 Å². The molecule has 1 saturated heterocycles. The van der Waals surface area contributed by atoms with Crippen LogP contribution in [-0.4, -0.2) is 81.4 Å². The number of carbonyl (C=O) groups is 3. The van der Waals surface area contributed by atoms with Gasteiger partial charge in [-0.1, -0.05) is 48.5 Å². The van der Waals surface area contributed by atoms with Gasteiger partial charge in [0.05, 0.1) is 13.0 Å². The third-order valence-electron chi connectivity index (χ3n) is 7.13. The molecule has 1 aliphatic heterocycles. The molecule has 2 atom stereocenters.